The van der Waals surface area contributed by atoms with E-state index in [2.05, 4.69) is 5.32 Å². The number of hydrogen-bond acceptors (Lipinski definition) is 5. The van der Waals surface area contributed by atoms with Crippen LogP contribution >= 0.6 is 23.2 Å². The summed E-state index contributed by atoms with van der Waals surface area (Å²) in [4.78, 5) is 30.1. The smallest absolute Gasteiger partial charge is 0.264 e. The molecule has 4 aromatic rings. The number of rotatable bonds is 16. The number of anilines is 1. The van der Waals surface area contributed by atoms with E-state index >= 15 is 0 Å². The summed E-state index contributed by atoms with van der Waals surface area (Å²) in [7, 11) is -4.30. The van der Waals surface area contributed by atoms with Crippen molar-refractivity contribution in [3.8, 4) is 5.75 Å². The van der Waals surface area contributed by atoms with Crippen LogP contribution in [0.3, 0.4) is 0 Å². The van der Waals surface area contributed by atoms with Crippen molar-refractivity contribution in [2.45, 2.75) is 57.5 Å². The summed E-state index contributed by atoms with van der Waals surface area (Å²) in [5.41, 5.74) is 2.33. The third-order valence-corrected chi connectivity index (χ3v) is 10.3. The second-order valence-corrected chi connectivity index (χ2v) is 14.0. The van der Waals surface area contributed by atoms with Crippen molar-refractivity contribution in [3.63, 3.8) is 0 Å². The molecule has 4 aromatic carbocycles. The summed E-state index contributed by atoms with van der Waals surface area (Å²) in [6.07, 6.45) is 1.80. The molecule has 0 unspecified atom stereocenters. The third-order valence-electron chi connectivity index (χ3n) is 7.81. The number of hydrogen-bond donors (Lipinski definition) is 1. The van der Waals surface area contributed by atoms with Crippen LogP contribution in [-0.4, -0.2) is 50.9 Å². The van der Waals surface area contributed by atoms with Crippen LogP contribution in [0.2, 0.25) is 10.0 Å². The number of aryl methyl sites for hydroxylation is 1. The number of carbonyl (C=O) groups is 2. The average Bonchev–Trinajstić information content (AvgIpc) is 3.07. The SMILES string of the molecule is CCCCNC(=O)[C@H](Cc1ccccc1)N(Cc1c(Cl)cccc1Cl)C(=O)CN(c1ccccc1OCC)S(=O)(=O)c1ccc(C)cc1. The van der Waals surface area contributed by atoms with Gasteiger partial charge in [-0.3, -0.25) is 13.9 Å². The van der Waals surface area contributed by atoms with Crippen molar-refractivity contribution in [2.75, 3.05) is 24.0 Å². The Bertz CT molecular complexity index is 1770. The van der Waals surface area contributed by atoms with E-state index < -0.39 is 28.5 Å². The normalized spacial score (nSPS) is 11.9. The molecule has 11 heteroatoms. The van der Waals surface area contributed by atoms with Crippen molar-refractivity contribution in [3.05, 3.63) is 124 Å². The van der Waals surface area contributed by atoms with Crippen LogP contribution in [0.5, 0.6) is 5.75 Å². The lowest BCUT2D eigenvalue weighted by atomic mass is 10.0. The predicted molar refractivity (Wildman–Crippen MR) is 192 cm³/mol. The Morgan fingerprint density at radius 3 is 2.15 bits per heavy atom. The number of nitrogens with one attached hydrogen (secondary N) is 1. The van der Waals surface area contributed by atoms with Gasteiger partial charge in [0.1, 0.15) is 18.3 Å². The van der Waals surface area contributed by atoms with Crippen molar-refractivity contribution in [1.82, 2.24) is 10.2 Å². The van der Waals surface area contributed by atoms with Gasteiger partial charge in [0.15, 0.2) is 0 Å². The highest BCUT2D eigenvalue weighted by Crippen LogP contribution is 2.34. The molecule has 254 valence electrons. The number of unbranched alkanes of at least 4 members (excludes halogenated alkanes) is 1. The van der Waals surface area contributed by atoms with Gasteiger partial charge < -0.3 is 15.0 Å². The Hall–Kier alpha value is -4.05. The van der Waals surface area contributed by atoms with E-state index in [1.54, 1.807) is 61.5 Å². The first-order valence-electron chi connectivity index (χ1n) is 15.9. The van der Waals surface area contributed by atoms with Crippen LogP contribution in [0.4, 0.5) is 5.69 Å². The van der Waals surface area contributed by atoms with Crippen LogP contribution < -0.4 is 14.4 Å². The van der Waals surface area contributed by atoms with Gasteiger partial charge in [-0.2, -0.15) is 0 Å². The summed E-state index contributed by atoms with van der Waals surface area (Å²) in [6.45, 7) is 5.60. The van der Waals surface area contributed by atoms with Crippen LogP contribution in [0.15, 0.2) is 102 Å². The number of ether oxygens (including phenoxy) is 1. The first-order chi connectivity index (χ1) is 23.1. The third kappa shape index (κ3) is 9.30. The summed E-state index contributed by atoms with van der Waals surface area (Å²) >= 11 is 13.2. The molecule has 0 aliphatic carbocycles. The monoisotopic (exact) mass is 709 g/mol. The van der Waals surface area contributed by atoms with E-state index in [-0.39, 0.29) is 36.1 Å². The highest BCUT2D eigenvalue weighted by atomic mass is 35.5. The lowest BCUT2D eigenvalue weighted by Crippen LogP contribution is -2.53. The second kappa shape index (κ2) is 17.4. The second-order valence-electron chi connectivity index (χ2n) is 11.3. The lowest BCUT2D eigenvalue weighted by molar-refractivity contribution is -0.140. The summed E-state index contributed by atoms with van der Waals surface area (Å²) in [5, 5.41) is 3.61. The fourth-order valence-corrected chi connectivity index (χ4v) is 7.15. The van der Waals surface area contributed by atoms with E-state index in [4.69, 9.17) is 27.9 Å². The predicted octanol–water partition coefficient (Wildman–Crippen LogP) is 7.45. The Kier molecular flexibility index (Phi) is 13.3. The standard InChI is InChI=1S/C37H41Cl2N3O5S/c1-4-6-23-40-37(44)34(24-28-13-8-7-9-14-28)41(25-30-31(38)15-12-16-32(30)39)36(43)26-42(33-17-10-11-18-35(33)47-5-2)48(45,46)29-21-19-27(3)20-22-29/h7-22,34H,4-6,23-26H2,1-3H3,(H,40,44)/t34-/m0/s1. The molecule has 0 fully saturated rings. The Balaban J connectivity index is 1.86. The molecule has 0 heterocycles. The van der Waals surface area contributed by atoms with Crippen LogP contribution in [0.1, 0.15) is 43.4 Å². The molecule has 0 aromatic heterocycles. The topological polar surface area (TPSA) is 96.0 Å². The minimum atomic E-state index is -4.30. The lowest BCUT2D eigenvalue weighted by Gasteiger charge is -2.34. The maximum atomic E-state index is 14.7. The maximum Gasteiger partial charge on any atom is 0.264 e. The van der Waals surface area contributed by atoms with Gasteiger partial charge in [-0.1, -0.05) is 103 Å². The molecule has 2 amide bonds. The molecule has 1 atom stereocenters. The number of halogens is 2. The van der Waals surface area contributed by atoms with Crippen molar-refractivity contribution >= 4 is 50.7 Å². The number of para-hydroxylation sites is 2. The molecule has 4 rings (SSSR count). The zero-order chi connectivity index (χ0) is 34.7. The molecule has 0 aliphatic heterocycles. The van der Waals surface area contributed by atoms with E-state index in [0.717, 1.165) is 28.3 Å². The molecule has 0 saturated heterocycles. The fourth-order valence-electron chi connectivity index (χ4n) is 5.21. The van der Waals surface area contributed by atoms with Crippen LogP contribution in [0.25, 0.3) is 0 Å². The van der Waals surface area contributed by atoms with E-state index in [9.17, 15) is 18.0 Å². The summed E-state index contributed by atoms with van der Waals surface area (Å²) in [5.74, 6) is -0.701. The minimum Gasteiger partial charge on any atom is -0.492 e. The van der Waals surface area contributed by atoms with Gasteiger partial charge >= 0.3 is 0 Å². The minimum absolute atomic E-state index is 0.00560. The molecular weight excluding hydrogens is 669 g/mol. The van der Waals surface area contributed by atoms with Crippen LogP contribution in [-0.2, 0) is 32.6 Å². The molecule has 0 radical (unpaired) electrons. The molecule has 0 bridgehead atoms. The van der Waals surface area contributed by atoms with E-state index in [0.29, 0.717) is 27.9 Å². The maximum absolute atomic E-state index is 14.7. The Labute approximate surface area is 293 Å². The molecular formula is C37H41Cl2N3O5S. The van der Waals surface area contributed by atoms with Crippen molar-refractivity contribution in [2.24, 2.45) is 0 Å². The zero-order valence-corrected chi connectivity index (χ0v) is 29.7. The van der Waals surface area contributed by atoms with Gasteiger partial charge in [-0.25, -0.2) is 8.42 Å². The van der Waals surface area contributed by atoms with Crippen molar-refractivity contribution in [1.29, 1.82) is 0 Å². The molecule has 0 saturated carbocycles. The summed E-state index contributed by atoms with van der Waals surface area (Å²) < 4.78 is 35.6. The van der Waals surface area contributed by atoms with Gasteiger partial charge in [0.25, 0.3) is 10.0 Å². The van der Waals surface area contributed by atoms with Gasteiger partial charge in [-0.05, 0) is 62.2 Å². The number of carbonyl (C=O) groups excluding carboxylic acids is 2. The van der Waals surface area contributed by atoms with Gasteiger partial charge in [0.2, 0.25) is 11.8 Å². The fraction of sp³-hybridized carbons (Fsp3) is 0.297. The number of amides is 2. The Morgan fingerprint density at radius 1 is 0.854 bits per heavy atom. The van der Waals surface area contributed by atoms with Crippen molar-refractivity contribution < 1.29 is 22.7 Å². The molecule has 8 nitrogen and oxygen atoms in total. The quantitative estimate of drug-likeness (QED) is 0.122. The zero-order valence-electron chi connectivity index (χ0n) is 27.4. The number of sulfonamides is 1. The molecule has 48 heavy (non-hydrogen) atoms. The van der Waals surface area contributed by atoms with Gasteiger partial charge in [-0.15, -0.1) is 0 Å². The van der Waals surface area contributed by atoms with Crippen LogP contribution in [0, 0.1) is 6.92 Å². The number of benzene rings is 4. The highest BCUT2D eigenvalue weighted by Gasteiger charge is 2.36. The van der Waals surface area contributed by atoms with E-state index in [1.807, 2.05) is 44.2 Å². The number of nitrogens with zero attached hydrogens (tertiary/aromatic N) is 2. The van der Waals surface area contributed by atoms with Gasteiger partial charge in [0, 0.05) is 35.1 Å². The molecule has 1 N–H and O–H groups in total. The molecule has 0 spiro atoms. The first-order valence-corrected chi connectivity index (χ1v) is 18.1. The average molecular weight is 711 g/mol. The van der Waals surface area contributed by atoms with Gasteiger partial charge in [0.05, 0.1) is 17.2 Å². The first kappa shape index (κ1) is 36.8. The highest BCUT2D eigenvalue weighted by molar-refractivity contribution is 7.92. The Morgan fingerprint density at radius 2 is 1.50 bits per heavy atom. The largest absolute Gasteiger partial charge is 0.492 e. The van der Waals surface area contributed by atoms with E-state index in [1.165, 1.54) is 17.0 Å². The molecule has 0 aliphatic rings. The summed E-state index contributed by atoms with van der Waals surface area (Å²) in [6, 6.07) is 26.4.